The van der Waals surface area contributed by atoms with Crippen LogP contribution in [0.5, 0.6) is 5.75 Å². The van der Waals surface area contributed by atoms with Gasteiger partial charge in [0.05, 0.1) is 6.54 Å². The number of rotatable bonds is 2. The lowest BCUT2D eigenvalue weighted by molar-refractivity contribution is 0.211. The second-order valence-corrected chi connectivity index (χ2v) is 6.28. The molecular formula is C17H13BrFNO. The summed E-state index contributed by atoms with van der Waals surface area (Å²) < 4.78 is 22.4. The first-order valence-electron chi connectivity index (χ1n) is 6.88. The number of hydrogen-bond acceptors (Lipinski definition) is 1. The predicted octanol–water partition coefficient (Wildman–Crippen LogP) is 4.55. The molecular weight excluding hydrogens is 333 g/mol. The van der Waals surface area contributed by atoms with Crippen LogP contribution in [0, 0.1) is 5.82 Å². The Morgan fingerprint density at radius 2 is 2.10 bits per heavy atom. The zero-order valence-corrected chi connectivity index (χ0v) is 12.8. The van der Waals surface area contributed by atoms with Gasteiger partial charge in [0.1, 0.15) is 17.7 Å². The highest BCUT2D eigenvalue weighted by atomic mass is 79.9. The van der Waals surface area contributed by atoms with E-state index in [1.165, 1.54) is 17.0 Å². The van der Waals surface area contributed by atoms with Crippen molar-refractivity contribution in [3.63, 3.8) is 0 Å². The van der Waals surface area contributed by atoms with Crippen LogP contribution >= 0.6 is 15.9 Å². The second kappa shape index (κ2) is 4.88. The van der Waals surface area contributed by atoms with Crippen molar-refractivity contribution in [2.24, 2.45) is 0 Å². The lowest BCUT2D eigenvalue weighted by Gasteiger charge is -2.13. The van der Waals surface area contributed by atoms with Crippen LogP contribution in [-0.4, -0.2) is 10.7 Å². The topological polar surface area (TPSA) is 14.2 Å². The van der Waals surface area contributed by atoms with E-state index in [2.05, 4.69) is 44.9 Å². The Morgan fingerprint density at radius 1 is 1.19 bits per heavy atom. The molecule has 1 aromatic heterocycles. The van der Waals surface area contributed by atoms with Crippen molar-refractivity contribution in [2.45, 2.75) is 19.1 Å². The molecule has 0 radical (unpaired) electrons. The first kappa shape index (κ1) is 12.9. The maximum Gasteiger partial charge on any atom is 0.123 e. The lowest BCUT2D eigenvalue weighted by atomic mass is 10.1. The molecule has 0 aliphatic carbocycles. The molecule has 0 fully saturated rings. The Bertz CT molecular complexity index is 827. The van der Waals surface area contributed by atoms with Gasteiger partial charge in [0.2, 0.25) is 0 Å². The minimum Gasteiger partial charge on any atom is -0.488 e. The summed E-state index contributed by atoms with van der Waals surface area (Å²) in [5, 5.41) is 1.20. The number of nitrogens with zero attached hydrogens (tertiary/aromatic N) is 1. The number of halogens is 2. The van der Waals surface area contributed by atoms with Gasteiger partial charge in [-0.2, -0.15) is 0 Å². The average molecular weight is 346 g/mol. The highest BCUT2D eigenvalue weighted by Gasteiger charge is 2.23. The van der Waals surface area contributed by atoms with Gasteiger partial charge in [-0.05, 0) is 42.5 Å². The zero-order chi connectivity index (χ0) is 14.4. The fourth-order valence-electron chi connectivity index (χ4n) is 2.94. The molecule has 0 spiro atoms. The molecule has 3 aromatic rings. The van der Waals surface area contributed by atoms with Crippen LogP contribution in [0.25, 0.3) is 10.9 Å². The molecule has 0 bridgehead atoms. The first-order chi connectivity index (χ1) is 10.2. The Morgan fingerprint density at radius 3 is 3.00 bits per heavy atom. The Balaban J connectivity index is 1.59. The summed E-state index contributed by atoms with van der Waals surface area (Å²) in [6.45, 7) is 0.765. The number of ether oxygens (including phenoxy) is 1. The molecule has 1 atom stereocenters. The number of fused-ring (bicyclic) bond motifs is 2. The van der Waals surface area contributed by atoms with Crippen molar-refractivity contribution >= 4 is 26.8 Å². The third kappa shape index (κ3) is 2.33. The summed E-state index contributed by atoms with van der Waals surface area (Å²) in [4.78, 5) is 0. The molecule has 1 unspecified atom stereocenters. The zero-order valence-electron chi connectivity index (χ0n) is 11.2. The normalized spacial score (nSPS) is 17.0. The van der Waals surface area contributed by atoms with Crippen molar-refractivity contribution in [2.75, 3.05) is 0 Å². The van der Waals surface area contributed by atoms with Crippen LogP contribution in [0.15, 0.2) is 53.1 Å². The molecule has 0 saturated heterocycles. The fourth-order valence-corrected chi connectivity index (χ4v) is 3.32. The van der Waals surface area contributed by atoms with E-state index in [1.807, 2.05) is 6.07 Å². The van der Waals surface area contributed by atoms with Gasteiger partial charge < -0.3 is 9.30 Å². The van der Waals surface area contributed by atoms with E-state index in [0.717, 1.165) is 28.8 Å². The molecule has 1 aliphatic rings. The van der Waals surface area contributed by atoms with Gasteiger partial charge >= 0.3 is 0 Å². The Hall–Kier alpha value is -1.81. The van der Waals surface area contributed by atoms with Gasteiger partial charge in [-0.3, -0.25) is 0 Å². The quantitative estimate of drug-likeness (QED) is 0.664. The molecule has 0 saturated carbocycles. The van der Waals surface area contributed by atoms with Crippen LogP contribution in [-0.2, 0) is 13.0 Å². The third-order valence-electron chi connectivity index (χ3n) is 3.90. The van der Waals surface area contributed by atoms with Crippen LogP contribution in [0.3, 0.4) is 0 Å². The van der Waals surface area contributed by atoms with E-state index < -0.39 is 0 Å². The predicted molar refractivity (Wildman–Crippen MR) is 84.2 cm³/mol. The Kier molecular flexibility index (Phi) is 3.00. The lowest BCUT2D eigenvalue weighted by Crippen LogP contribution is -2.20. The molecule has 1 aliphatic heterocycles. The molecule has 0 amide bonds. The van der Waals surface area contributed by atoms with Gasteiger partial charge in [-0.15, -0.1) is 0 Å². The molecule has 2 nitrogen and oxygen atoms in total. The maximum absolute atomic E-state index is 13.2. The fraction of sp³-hybridized carbons (Fsp3) is 0.176. The minimum atomic E-state index is -0.200. The van der Waals surface area contributed by atoms with E-state index in [0.29, 0.717) is 0 Å². The molecule has 2 heterocycles. The van der Waals surface area contributed by atoms with E-state index >= 15 is 0 Å². The first-order valence-corrected chi connectivity index (χ1v) is 7.68. The summed E-state index contributed by atoms with van der Waals surface area (Å²) in [6.07, 6.45) is 2.88. The summed E-state index contributed by atoms with van der Waals surface area (Å²) in [5.74, 6) is 0.606. The molecule has 4 rings (SSSR count). The summed E-state index contributed by atoms with van der Waals surface area (Å²) in [5.41, 5.74) is 2.14. The minimum absolute atomic E-state index is 0.0565. The third-order valence-corrected chi connectivity index (χ3v) is 4.39. The largest absolute Gasteiger partial charge is 0.488 e. The smallest absolute Gasteiger partial charge is 0.123 e. The summed E-state index contributed by atoms with van der Waals surface area (Å²) in [6, 6.07) is 13.1. The molecule has 0 N–H and O–H groups in total. The van der Waals surface area contributed by atoms with Crippen molar-refractivity contribution < 1.29 is 9.13 Å². The van der Waals surface area contributed by atoms with E-state index in [4.69, 9.17) is 4.74 Å². The summed E-state index contributed by atoms with van der Waals surface area (Å²) >= 11 is 3.49. The van der Waals surface area contributed by atoms with Gasteiger partial charge in [-0.25, -0.2) is 4.39 Å². The van der Waals surface area contributed by atoms with E-state index in [9.17, 15) is 4.39 Å². The van der Waals surface area contributed by atoms with Crippen LogP contribution in [0.2, 0.25) is 0 Å². The molecule has 4 heteroatoms. The van der Waals surface area contributed by atoms with Crippen molar-refractivity contribution in [3.05, 3.63) is 64.5 Å². The van der Waals surface area contributed by atoms with Crippen molar-refractivity contribution in [1.29, 1.82) is 0 Å². The highest BCUT2D eigenvalue weighted by Crippen LogP contribution is 2.30. The molecule has 106 valence electrons. The van der Waals surface area contributed by atoms with Gasteiger partial charge in [-0.1, -0.05) is 15.9 Å². The molecule has 2 aromatic carbocycles. The number of hydrogen-bond donors (Lipinski definition) is 0. The van der Waals surface area contributed by atoms with Gasteiger partial charge in [0.25, 0.3) is 0 Å². The van der Waals surface area contributed by atoms with Gasteiger partial charge in [0, 0.05) is 33.6 Å². The average Bonchev–Trinajstić information content (AvgIpc) is 3.02. The van der Waals surface area contributed by atoms with Crippen LogP contribution in [0.4, 0.5) is 4.39 Å². The standard InChI is InChI=1S/C17H13BrFNO/c18-13-1-3-16-11(7-13)5-6-20(16)10-15-9-12-8-14(19)2-4-17(12)21-15/h1-8,15H,9-10H2. The maximum atomic E-state index is 13.2. The van der Waals surface area contributed by atoms with Crippen molar-refractivity contribution in [1.82, 2.24) is 4.57 Å². The van der Waals surface area contributed by atoms with Crippen LogP contribution < -0.4 is 4.74 Å². The Labute approximate surface area is 130 Å². The van der Waals surface area contributed by atoms with Crippen molar-refractivity contribution in [3.8, 4) is 5.75 Å². The van der Waals surface area contributed by atoms with Gasteiger partial charge in [0.15, 0.2) is 0 Å². The molecule has 21 heavy (non-hydrogen) atoms. The number of benzene rings is 2. The SMILES string of the molecule is Fc1ccc2c(c1)CC(Cn1ccc3cc(Br)ccc31)O2. The van der Waals surface area contributed by atoms with E-state index in [1.54, 1.807) is 12.1 Å². The highest BCUT2D eigenvalue weighted by molar-refractivity contribution is 9.10. The summed E-state index contributed by atoms with van der Waals surface area (Å²) in [7, 11) is 0. The number of aromatic nitrogens is 1. The second-order valence-electron chi connectivity index (χ2n) is 5.37. The van der Waals surface area contributed by atoms with E-state index in [-0.39, 0.29) is 11.9 Å². The van der Waals surface area contributed by atoms with Crippen LogP contribution in [0.1, 0.15) is 5.56 Å². The monoisotopic (exact) mass is 345 g/mol.